The highest BCUT2D eigenvalue weighted by Gasteiger charge is 2.27. The second-order valence-corrected chi connectivity index (χ2v) is 5.57. The Bertz CT molecular complexity index is 259. The van der Waals surface area contributed by atoms with Crippen LogP contribution in [0.15, 0.2) is 0 Å². The molecule has 1 saturated heterocycles. The fourth-order valence-corrected chi connectivity index (χ4v) is 2.95. The van der Waals surface area contributed by atoms with E-state index in [1.54, 1.807) is 0 Å². The van der Waals surface area contributed by atoms with Crippen LogP contribution in [0.5, 0.6) is 0 Å². The molecule has 112 valence electrons. The minimum Gasteiger partial charge on any atom is -0.450 e. The first-order valence-electron chi connectivity index (χ1n) is 7.85. The van der Waals surface area contributed by atoms with Gasteiger partial charge < -0.3 is 15.0 Å². The van der Waals surface area contributed by atoms with E-state index in [1.807, 2.05) is 6.92 Å². The Morgan fingerprint density at radius 3 is 2.68 bits per heavy atom. The SMILES string of the molecule is CCCCC1CC(NC(=O)OCC)CN(CCC)C1. The molecule has 2 unspecified atom stereocenters. The lowest BCUT2D eigenvalue weighted by Gasteiger charge is -2.38. The topological polar surface area (TPSA) is 41.6 Å². The molecule has 4 heteroatoms. The Balaban J connectivity index is 2.46. The maximum Gasteiger partial charge on any atom is 0.407 e. The number of carbonyl (C=O) groups is 1. The van der Waals surface area contributed by atoms with Crippen LogP contribution in [-0.4, -0.2) is 43.3 Å². The number of ether oxygens (including phenoxy) is 1. The van der Waals surface area contributed by atoms with Crippen molar-refractivity contribution in [2.24, 2.45) is 5.92 Å². The van der Waals surface area contributed by atoms with Gasteiger partial charge >= 0.3 is 6.09 Å². The molecule has 1 heterocycles. The predicted molar refractivity (Wildman–Crippen MR) is 78.3 cm³/mol. The first-order chi connectivity index (χ1) is 9.19. The summed E-state index contributed by atoms with van der Waals surface area (Å²) in [5, 5.41) is 3.01. The second-order valence-electron chi connectivity index (χ2n) is 5.57. The third kappa shape index (κ3) is 6.28. The van der Waals surface area contributed by atoms with Gasteiger partial charge in [-0.15, -0.1) is 0 Å². The van der Waals surface area contributed by atoms with Crippen LogP contribution in [0.4, 0.5) is 4.79 Å². The number of likely N-dealkylation sites (tertiary alicyclic amines) is 1. The summed E-state index contributed by atoms with van der Waals surface area (Å²) < 4.78 is 4.99. The molecule has 0 bridgehead atoms. The molecule has 1 rings (SSSR count). The Hall–Kier alpha value is -0.770. The van der Waals surface area contributed by atoms with Gasteiger partial charge in [0.2, 0.25) is 0 Å². The van der Waals surface area contributed by atoms with Gasteiger partial charge in [0.15, 0.2) is 0 Å². The standard InChI is InChI=1S/C15H30N2O2/c1-4-7-8-13-10-14(16-15(18)19-6-3)12-17(11-13)9-5-2/h13-14H,4-12H2,1-3H3,(H,16,18). The van der Waals surface area contributed by atoms with E-state index in [1.165, 1.54) is 32.2 Å². The highest BCUT2D eigenvalue weighted by Crippen LogP contribution is 2.22. The van der Waals surface area contributed by atoms with Crippen molar-refractivity contribution in [1.82, 2.24) is 10.2 Å². The van der Waals surface area contributed by atoms with E-state index in [0.29, 0.717) is 12.5 Å². The van der Waals surface area contributed by atoms with E-state index >= 15 is 0 Å². The number of piperidine rings is 1. The number of nitrogens with one attached hydrogen (secondary N) is 1. The van der Waals surface area contributed by atoms with Gasteiger partial charge in [-0.25, -0.2) is 4.79 Å². The van der Waals surface area contributed by atoms with Gasteiger partial charge in [0.1, 0.15) is 0 Å². The van der Waals surface area contributed by atoms with E-state index in [0.717, 1.165) is 19.5 Å². The van der Waals surface area contributed by atoms with Gasteiger partial charge in [0, 0.05) is 19.1 Å². The maximum absolute atomic E-state index is 11.5. The number of rotatable bonds is 7. The Morgan fingerprint density at radius 1 is 1.26 bits per heavy atom. The zero-order valence-electron chi connectivity index (χ0n) is 12.8. The zero-order valence-corrected chi connectivity index (χ0v) is 12.8. The van der Waals surface area contributed by atoms with E-state index in [2.05, 4.69) is 24.1 Å². The highest BCUT2D eigenvalue weighted by atomic mass is 16.5. The fraction of sp³-hybridized carbons (Fsp3) is 0.933. The van der Waals surface area contributed by atoms with Gasteiger partial charge in [-0.05, 0) is 38.6 Å². The normalized spacial score (nSPS) is 24.2. The van der Waals surface area contributed by atoms with Crippen molar-refractivity contribution < 1.29 is 9.53 Å². The van der Waals surface area contributed by atoms with Crippen molar-refractivity contribution in [2.45, 2.75) is 58.9 Å². The number of unbranched alkanes of at least 4 members (excludes halogenated alkanes) is 1. The summed E-state index contributed by atoms with van der Waals surface area (Å²) in [5.41, 5.74) is 0. The smallest absolute Gasteiger partial charge is 0.407 e. The van der Waals surface area contributed by atoms with Gasteiger partial charge in [-0.1, -0.05) is 26.7 Å². The molecule has 0 aromatic heterocycles. The number of hydrogen-bond donors (Lipinski definition) is 1. The molecule has 0 spiro atoms. The van der Waals surface area contributed by atoms with Crippen LogP contribution in [0.2, 0.25) is 0 Å². The van der Waals surface area contributed by atoms with Crippen LogP contribution in [-0.2, 0) is 4.74 Å². The van der Waals surface area contributed by atoms with Crippen molar-refractivity contribution in [2.75, 3.05) is 26.2 Å². The molecule has 1 amide bonds. The lowest BCUT2D eigenvalue weighted by atomic mass is 9.90. The van der Waals surface area contributed by atoms with E-state index < -0.39 is 0 Å². The van der Waals surface area contributed by atoms with Crippen LogP contribution >= 0.6 is 0 Å². The summed E-state index contributed by atoms with van der Waals surface area (Å²) in [5.74, 6) is 0.715. The molecule has 2 atom stereocenters. The highest BCUT2D eigenvalue weighted by molar-refractivity contribution is 5.67. The molecule has 19 heavy (non-hydrogen) atoms. The van der Waals surface area contributed by atoms with Gasteiger partial charge in [0.05, 0.1) is 6.61 Å². The molecule has 0 aromatic rings. The average Bonchev–Trinajstić information content (AvgIpc) is 2.36. The number of hydrogen-bond acceptors (Lipinski definition) is 3. The first-order valence-corrected chi connectivity index (χ1v) is 7.85. The summed E-state index contributed by atoms with van der Waals surface area (Å²) in [4.78, 5) is 14.0. The second kappa shape index (κ2) is 9.18. The van der Waals surface area contributed by atoms with E-state index in [4.69, 9.17) is 4.74 Å². The van der Waals surface area contributed by atoms with Crippen molar-refractivity contribution in [1.29, 1.82) is 0 Å². The molecule has 1 fully saturated rings. The quantitative estimate of drug-likeness (QED) is 0.773. The maximum atomic E-state index is 11.5. The zero-order chi connectivity index (χ0) is 14.1. The molecule has 1 N–H and O–H groups in total. The first kappa shape index (κ1) is 16.3. The van der Waals surface area contributed by atoms with Crippen molar-refractivity contribution >= 4 is 6.09 Å². The summed E-state index contributed by atoms with van der Waals surface area (Å²) >= 11 is 0. The number of amides is 1. The molecular formula is C15H30N2O2. The minimum absolute atomic E-state index is 0.251. The largest absolute Gasteiger partial charge is 0.450 e. The summed E-state index contributed by atoms with van der Waals surface area (Å²) in [6.07, 6.45) is 5.82. The van der Waals surface area contributed by atoms with Crippen molar-refractivity contribution in [3.63, 3.8) is 0 Å². The molecule has 4 nitrogen and oxygen atoms in total. The third-order valence-corrected chi connectivity index (χ3v) is 3.72. The molecule has 0 radical (unpaired) electrons. The van der Waals surface area contributed by atoms with Gasteiger partial charge in [0.25, 0.3) is 0 Å². The minimum atomic E-state index is -0.264. The Morgan fingerprint density at radius 2 is 2.05 bits per heavy atom. The third-order valence-electron chi connectivity index (χ3n) is 3.72. The monoisotopic (exact) mass is 270 g/mol. The van der Waals surface area contributed by atoms with Gasteiger partial charge in [-0.3, -0.25) is 0 Å². The summed E-state index contributed by atoms with van der Waals surface area (Å²) in [6, 6.07) is 0.251. The molecule has 0 aromatic carbocycles. The number of alkyl carbamates (subject to hydrolysis) is 1. The van der Waals surface area contributed by atoms with Crippen molar-refractivity contribution in [3.05, 3.63) is 0 Å². The van der Waals surface area contributed by atoms with Crippen LogP contribution in [0.3, 0.4) is 0 Å². The predicted octanol–water partition coefficient (Wildman–Crippen LogP) is 3.02. The Kier molecular flexibility index (Phi) is 7.87. The summed E-state index contributed by atoms with van der Waals surface area (Å²) in [6.45, 7) is 10.0. The van der Waals surface area contributed by atoms with Crippen molar-refractivity contribution in [3.8, 4) is 0 Å². The summed E-state index contributed by atoms with van der Waals surface area (Å²) in [7, 11) is 0. The van der Waals surface area contributed by atoms with E-state index in [9.17, 15) is 4.79 Å². The van der Waals surface area contributed by atoms with Crippen LogP contribution in [0.1, 0.15) is 52.9 Å². The number of carbonyl (C=O) groups excluding carboxylic acids is 1. The van der Waals surface area contributed by atoms with Crippen LogP contribution < -0.4 is 5.32 Å². The average molecular weight is 270 g/mol. The fourth-order valence-electron chi connectivity index (χ4n) is 2.95. The van der Waals surface area contributed by atoms with Crippen LogP contribution in [0, 0.1) is 5.92 Å². The molecule has 0 aliphatic carbocycles. The Labute approximate surface area is 117 Å². The molecule has 1 aliphatic heterocycles. The lowest BCUT2D eigenvalue weighted by Crippen LogP contribution is -2.51. The molecule has 1 aliphatic rings. The van der Waals surface area contributed by atoms with Gasteiger partial charge in [-0.2, -0.15) is 0 Å². The lowest BCUT2D eigenvalue weighted by molar-refractivity contribution is 0.114. The molecule has 0 saturated carbocycles. The number of nitrogens with zero attached hydrogens (tertiary/aromatic N) is 1. The van der Waals surface area contributed by atoms with Crippen LogP contribution in [0.25, 0.3) is 0 Å². The van der Waals surface area contributed by atoms with E-state index in [-0.39, 0.29) is 12.1 Å². The molecular weight excluding hydrogens is 240 g/mol.